The van der Waals surface area contributed by atoms with Gasteiger partial charge in [-0.2, -0.15) is 0 Å². The zero-order chi connectivity index (χ0) is 20.5. The molecule has 2 aromatic rings. The van der Waals surface area contributed by atoms with Crippen LogP contribution in [0.2, 0.25) is 0 Å². The third-order valence-corrected chi connectivity index (χ3v) is 4.16. The molecule has 0 aromatic heterocycles. The van der Waals surface area contributed by atoms with Gasteiger partial charge in [0.05, 0.1) is 21.3 Å². The highest BCUT2D eigenvalue weighted by atomic mass is 19.1. The number of hydrogen-bond acceptors (Lipinski definition) is 4. The number of halogens is 2. The highest BCUT2D eigenvalue weighted by Crippen LogP contribution is 2.34. The lowest BCUT2D eigenvalue weighted by Crippen LogP contribution is -2.38. The van der Waals surface area contributed by atoms with Crippen molar-refractivity contribution < 1.29 is 23.0 Å². The molecule has 0 aliphatic rings. The van der Waals surface area contributed by atoms with E-state index in [0.29, 0.717) is 36.2 Å². The number of rotatable bonds is 8. The second-order valence-electron chi connectivity index (χ2n) is 5.85. The second kappa shape index (κ2) is 10.3. The molecule has 0 radical (unpaired) electrons. The minimum atomic E-state index is -0.486. The molecule has 0 fully saturated rings. The number of benzene rings is 2. The van der Waals surface area contributed by atoms with Gasteiger partial charge in [-0.15, -0.1) is 0 Å². The van der Waals surface area contributed by atoms with E-state index in [1.54, 1.807) is 40.5 Å². The summed E-state index contributed by atoms with van der Waals surface area (Å²) in [6.45, 7) is 0.628. The van der Waals surface area contributed by atoms with Gasteiger partial charge in [-0.1, -0.05) is 0 Å². The summed E-state index contributed by atoms with van der Waals surface area (Å²) in [5, 5.41) is 6.10. The van der Waals surface area contributed by atoms with Gasteiger partial charge in [0.2, 0.25) is 0 Å². The average Bonchev–Trinajstić information content (AvgIpc) is 2.72. The number of nitrogens with one attached hydrogen (secondary N) is 2. The van der Waals surface area contributed by atoms with E-state index >= 15 is 0 Å². The topological polar surface area (TPSA) is 64.1 Å². The van der Waals surface area contributed by atoms with Gasteiger partial charge >= 0.3 is 0 Å². The summed E-state index contributed by atoms with van der Waals surface area (Å²) in [4.78, 5) is 4.09. The quantitative estimate of drug-likeness (QED) is 0.533. The Morgan fingerprint density at radius 1 is 0.964 bits per heavy atom. The van der Waals surface area contributed by atoms with Crippen LogP contribution in [0, 0.1) is 11.6 Å². The lowest BCUT2D eigenvalue weighted by Gasteiger charge is -2.16. The molecule has 8 heteroatoms. The van der Waals surface area contributed by atoms with Crippen molar-refractivity contribution in [2.45, 2.75) is 13.0 Å². The predicted octanol–water partition coefficient (Wildman–Crippen LogP) is 2.90. The minimum Gasteiger partial charge on any atom is -0.496 e. The van der Waals surface area contributed by atoms with E-state index in [2.05, 4.69) is 15.6 Å². The van der Waals surface area contributed by atoms with Crippen LogP contribution in [-0.4, -0.2) is 40.9 Å². The normalized spacial score (nSPS) is 11.1. The molecule has 28 heavy (non-hydrogen) atoms. The van der Waals surface area contributed by atoms with Gasteiger partial charge in [0.15, 0.2) is 5.96 Å². The van der Waals surface area contributed by atoms with Crippen molar-refractivity contribution in [3.05, 3.63) is 53.1 Å². The zero-order valence-corrected chi connectivity index (χ0v) is 16.4. The molecule has 0 unspecified atom stereocenters. The Bertz CT molecular complexity index is 803. The predicted molar refractivity (Wildman–Crippen MR) is 104 cm³/mol. The molecule has 2 N–H and O–H groups in total. The smallest absolute Gasteiger partial charge is 0.191 e. The molecule has 0 heterocycles. The molecule has 2 aromatic carbocycles. The molecule has 0 saturated heterocycles. The summed E-state index contributed by atoms with van der Waals surface area (Å²) < 4.78 is 43.1. The number of guanidine groups is 1. The van der Waals surface area contributed by atoms with E-state index in [4.69, 9.17) is 14.2 Å². The average molecular weight is 393 g/mol. The Labute approximate surface area is 163 Å². The SMILES string of the molecule is CN=C(NCCc1c(OC)cc(OC)cc1OC)NCc1cc(F)ccc1F. The number of hydrogen-bond donors (Lipinski definition) is 2. The Balaban J connectivity index is 1.98. The van der Waals surface area contributed by atoms with Crippen LogP contribution in [0.3, 0.4) is 0 Å². The monoisotopic (exact) mass is 393 g/mol. The Morgan fingerprint density at radius 3 is 2.21 bits per heavy atom. The van der Waals surface area contributed by atoms with E-state index in [0.717, 1.165) is 23.8 Å². The highest BCUT2D eigenvalue weighted by molar-refractivity contribution is 5.79. The van der Waals surface area contributed by atoms with E-state index in [1.807, 2.05) is 0 Å². The molecular weight excluding hydrogens is 368 g/mol. The van der Waals surface area contributed by atoms with Gasteiger partial charge in [0, 0.05) is 43.4 Å². The number of methoxy groups -OCH3 is 3. The molecular formula is C20H25F2N3O3. The van der Waals surface area contributed by atoms with Gasteiger partial charge in [-0.05, 0) is 24.6 Å². The minimum absolute atomic E-state index is 0.110. The maximum atomic E-state index is 13.7. The molecule has 2 rings (SSSR count). The Morgan fingerprint density at radius 2 is 1.64 bits per heavy atom. The standard InChI is InChI=1S/C20H25F2N3O3/c1-23-20(25-12-13-9-14(21)5-6-17(13)22)24-8-7-16-18(27-3)10-15(26-2)11-19(16)28-4/h5-6,9-11H,7-8,12H2,1-4H3,(H2,23,24,25). The fraction of sp³-hybridized carbons (Fsp3) is 0.350. The van der Waals surface area contributed by atoms with E-state index in [-0.39, 0.29) is 12.1 Å². The molecule has 0 atom stereocenters. The van der Waals surface area contributed by atoms with Crippen molar-refractivity contribution in [3.8, 4) is 17.2 Å². The van der Waals surface area contributed by atoms with E-state index < -0.39 is 11.6 Å². The largest absolute Gasteiger partial charge is 0.496 e. The Hall–Kier alpha value is -3.03. The van der Waals surface area contributed by atoms with Gasteiger partial charge in [-0.25, -0.2) is 8.78 Å². The van der Waals surface area contributed by atoms with Crippen molar-refractivity contribution in [2.24, 2.45) is 4.99 Å². The van der Waals surface area contributed by atoms with Gasteiger partial charge in [0.25, 0.3) is 0 Å². The van der Waals surface area contributed by atoms with Gasteiger partial charge < -0.3 is 24.8 Å². The molecule has 0 saturated carbocycles. The van der Waals surface area contributed by atoms with Crippen LogP contribution < -0.4 is 24.8 Å². The van der Waals surface area contributed by atoms with Crippen LogP contribution in [0.4, 0.5) is 8.78 Å². The molecule has 0 spiro atoms. The molecule has 152 valence electrons. The summed E-state index contributed by atoms with van der Waals surface area (Å²) >= 11 is 0. The molecule has 0 aliphatic heterocycles. The van der Waals surface area contributed by atoms with Crippen molar-refractivity contribution in [3.63, 3.8) is 0 Å². The summed E-state index contributed by atoms with van der Waals surface area (Å²) in [6.07, 6.45) is 0.589. The lowest BCUT2D eigenvalue weighted by atomic mass is 10.1. The molecule has 6 nitrogen and oxygen atoms in total. The van der Waals surface area contributed by atoms with E-state index in [1.165, 1.54) is 0 Å². The van der Waals surface area contributed by atoms with Crippen molar-refractivity contribution >= 4 is 5.96 Å². The summed E-state index contributed by atoms with van der Waals surface area (Å²) in [7, 11) is 6.34. The molecule has 0 aliphatic carbocycles. The van der Waals surface area contributed by atoms with Crippen molar-refractivity contribution in [1.29, 1.82) is 0 Å². The van der Waals surface area contributed by atoms with Gasteiger partial charge in [0.1, 0.15) is 28.9 Å². The number of ether oxygens (including phenoxy) is 3. The van der Waals surface area contributed by atoms with Crippen LogP contribution in [0.1, 0.15) is 11.1 Å². The first kappa shape index (κ1) is 21.3. The summed E-state index contributed by atoms with van der Waals surface area (Å²) in [6, 6.07) is 6.92. The third-order valence-electron chi connectivity index (χ3n) is 4.16. The summed E-state index contributed by atoms with van der Waals surface area (Å²) in [5.41, 5.74) is 1.10. The maximum absolute atomic E-state index is 13.7. The van der Waals surface area contributed by atoms with Crippen LogP contribution >= 0.6 is 0 Å². The number of aliphatic imine (C=N–C) groups is 1. The Kier molecular flexibility index (Phi) is 7.86. The van der Waals surface area contributed by atoms with E-state index in [9.17, 15) is 8.78 Å². The van der Waals surface area contributed by atoms with Crippen LogP contribution in [-0.2, 0) is 13.0 Å². The van der Waals surface area contributed by atoms with Gasteiger partial charge in [-0.3, -0.25) is 4.99 Å². The fourth-order valence-electron chi connectivity index (χ4n) is 2.71. The maximum Gasteiger partial charge on any atom is 0.191 e. The van der Waals surface area contributed by atoms with Crippen molar-refractivity contribution in [2.75, 3.05) is 34.9 Å². The first-order valence-corrected chi connectivity index (χ1v) is 8.69. The van der Waals surface area contributed by atoms with Crippen LogP contribution in [0.5, 0.6) is 17.2 Å². The highest BCUT2D eigenvalue weighted by Gasteiger charge is 2.13. The fourth-order valence-corrected chi connectivity index (χ4v) is 2.71. The molecule has 0 amide bonds. The lowest BCUT2D eigenvalue weighted by molar-refractivity contribution is 0.368. The number of nitrogens with zero attached hydrogens (tertiary/aromatic N) is 1. The van der Waals surface area contributed by atoms with Crippen LogP contribution in [0.25, 0.3) is 0 Å². The zero-order valence-electron chi connectivity index (χ0n) is 16.4. The third kappa shape index (κ3) is 5.48. The first-order chi connectivity index (χ1) is 13.5. The van der Waals surface area contributed by atoms with Crippen molar-refractivity contribution in [1.82, 2.24) is 10.6 Å². The molecule has 0 bridgehead atoms. The summed E-state index contributed by atoms with van der Waals surface area (Å²) in [5.74, 6) is 1.46. The first-order valence-electron chi connectivity index (χ1n) is 8.69. The second-order valence-corrected chi connectivity index (χ2v) is 5.85. The van der Waals surface area contributed by atoms with Crippen LogP contribution in [0.15, 0.2) is 35.3 Å².